The summed E-state index contributed by atoms with van der Waals surface area (Å²) in [6.45, 7) is 5.22. The van der Waals surface area contributed by atoms with Crippen LogP contribution in [-0.4, -0.2) is 11.0 Å². The second-order valence-electron chi connectivity index (χ2n) is 4.02. The minimum absolute atomic E-state index is 0.511. The van der Waals surface area contributed by atoms with E-state index in [4.69, 9.17) is 0 Å². The molecule has 0 saturated heterocycles. The molecule has 0 unspecified atom stereocenters. The van der Waals surface area contributed by atoms with Crippen molar-refractivity contribution in [2.24, 2.45) is 0 Å². The lowest BCUT2D eigenvalue weighted by molar-refractivity contribution is 0.590. The molecule has 15 heavy (non-hydrogen) atoms. The molecule has 2 aromatic rings. The topological polar surface area (TPSA) is 24.9 Å². The third-order valence-corrected chi connectivity index (χ3v) is 2.44. The molecule has 0 atom stereocenters. The second-order valence-corrected chi connectivity index (χ2v) is 4.02. The minimum atomic E-state index is 0.511. The van der Waals surface area contributed by atoms with Crippen molar-refractivity contribution in [1.29, 1.82) is 0 Å². The van der Waals surface area contributed by atoms with E-state index in [0.717, 1.165) is 12.1 Å². The smallest absolute Gasteiger partial charge is 0.0705 e. The zero-order valence-electron chi connectivity index (χ0n) is 9.20. The molecule has 0 amide bonds. The molecule has 0 bridgehead atoms. The fraction of sp³-hybridized carbons (Fsp3) is 0.308. The van der Waals surface area contributed by atoms with Crippen LogP contribution < -0.4 is 5.32 Å². The van der Waals surface area contributed by atoms with Gasteiger partial charge in [-0.1, -0.05) is 32.0 Å². The lowest BCUT2D eigenvalue weighted by Gasteiger charge is -2.09. The number of hydrogen-bond donors (Lipinski definition) is 1. The van der Waals surface area contributed by atoms with Crippen molar-refractivity contribution in [3.05, 3.63) is 42.1 Å². The maximum Gasteiger partial charge on any atom is 0.0705 e. The van der Waals surface area contributed by atoms with E-state index >= 15 is 0 Å². The van der Waals surface area contributed by atoms with Gasteiger partial charge in [-0.15, -0.1) is 0 Å². The first kappa shape index (κ1) is 10.1. The van der Waals surface area contributed by atoms with E-state index < -0.39 is 0 Å². The molecule has 1 heterocycles. The quantitative estimate of drug-likeness (QED) is 0.824. The first-order chi connectivity index (χ1) is 7.27. The molecule has 0 aliphatic rings. The molecule has 0 spiro atoms. The molecular formula is C13H16N2. The Bertz CT molecular complexity index is 444. The van der Waals surface area contributed by atoms with E-state index in [2.05, 4.69) is 42.3 Å². The van der Waals surface area contributed by atoms with Crippen molar-refractivity contribution in [3.8, 4) is 0 Å². The molecule has 1 aromatic heterocycles. The van der Waals surface area contributed by atoms with Crippen LogP contribution in [-0.2, 0) is 6.54 Å². The number of para-hydroxylation sites is 1. The Morgan fingerprint density at radius 3 is 2.80 bits per heavy atom. The Labute approximate surface area is 90.3 Å². The van der Waals surface area contributed by atoms with Crippen molar-refractivity contribution in [2.45, 2.75) is 26.4 Å². The zero-order chi connectivity index (χ0) is 10.7. The summed E-state index contributed by atoms with van der Waals surface area (Å²) in [5.74, 6) is 0. The van der Waals surface area contributed by atoms with Crippen LogP contribution >= 0.6 is 0 Å². The number of hydrogen-bond acceptors (Lipinski definition) is 2. The van der Waals surface area contributed by atoms with Gasteiger partial charge < -0.3 is 5.32 Å². The number of benzene rings is 1. The third kappa shape index (κ3) is 2.34. The fourth-order valence-electron chi connectivity index (χ4n) is 1.62. The first-order valence-electron chi connectivity index (χ1n) is 5.33. The summed E-state index contributed by atoms with van der Waals surface area (Å²) in [4.78, 5) is 4.34. The van der Waals surface area contributed by atoms with Gasteiger partial charge in [-0.05, 0) is 17.7 Å². The summed E-state index contributed by atoms with van der Waals surface area (Å²) in [6, 6.07) is 10.8. The zero-order valence-corrected chi connectivity index (χ0v) is 9.20. The van der Waals surface area contributed by atoms with Gasteiger partial charge in [0, 0.05) is 24.2 Å². The Hall–Kier alpha value is -1.41. The largest absolute Gasteiger partial charge is 0.310 e. The molecule has 2 heteroatoms. The molecule has 2 rings (SSSR count). The molecule has 0 aliphatic heterocycles. The van der Waals surface area contributed by atoms with Gasteiger partial charge in [0.2, 0.25) is 0 Å². The predicted molar refractivity (Wildman–Crippen MR) is 63.7 cm³/mol. The average molecular weight is 200 g/mol. The van der Waals surface area contributed by atoms with Gasteiger partial charge in [0.05, 0.1) is 5.52 Å². The van der Waals surface area contributed by atoms with Gasteiger partial charge in [0.15, 0.2) is 0 Å². The highest BCUT2D eigenvalue weighted by Crippen LogP contribution is 2.15. The second kappa shape index (κ2) is 4.41. The van der Waals surface area contributed by atoms with Gasteiger partial charge in [-0.3, -0.25) is 4.98 Å². The fourth-order valence-corrected chi connectivity index (χ4v) is 1.62. The van der Waals surface area contributed by atoms with Crippen molar-refractivity contribution in [1.82, 2.24) is 10.3 Å². The van der Waals surface area contributed by atoms with Crippen LogP contribution in [0.5, 0.6) is 0 Å². The molecule has 0 fully saturated rings. The summed E-state index contributed by atoms with van der Waals surface area (Å²) < 4.78 is 0. The number of pyridine rings is 1. The summed E-state index contributed by atoms with van der Waals surface area (Å²) >= 11 is 0. The highest BCUT2D eigenvalue weighted by atomic mass is 14.9. The van der Waals surface area contributed by atoms with Gasteiger partial charge in [0.25, 0.3) is 0 Å². The molecule has 0 aliphatic carbocycles. The van der Waals surface area contributed by atoms with Crippen molar-refractivity contribution in [3.63, 3.8) is 0 Å². The van der Waals surface area contributed by atoms with Gasteiger partial charge in [-0.2, -0.15) is 0 Å². The number of fused-ring (bicyclic) bond motifs is 1. The SMILES string of the molecule is CC(C)NCc1ccnc2ccccc12. The molecule has 1 aromatic carbocycles. The Balaban J connectivity index is 2.34. The Kier molecular flexibility index (Phi) is 2.97. The molecule has 0 saturated carbocycles. The Morgan fingerprint density at radius 1 is 1.20 bits per heavy atom. The molecule has 2 nitrogen and oxygen atoms in total. The number of nitrogens with one attached hydrogen (secondary N) is 1. The maximum absolute atomic E-state index is 4.34. The molecular weight excluding hydrogens is 184 g/mol. The third-order valence-electron chi connectivity index (χ3n) is 2.44. The van der Waals surface area contributed by atoms with Gasteiger partial charge >= 0.3 is 0 Å². The summed E-state index contributed by atoms with van der Waals surface area (Å²) in [5.41, 5.74) is 2.38. The van der Waals surface area contributed by atoms with Crippen LogP contribution in [0.15, 0.2) is 36.5 Å². The van der Waals surface area contributed by atoms with Crippen LogP contribution in [0.2, 0.25) is 0 Å². The normalized spacial score (nSPS) is 11.1. The predicted octanol–water partition coefficient (Wildman–Crippen LogP) is 2.73. The van der Waals surface area contributed by atoms with Crippen LogP contribution in [0.1, 0.15) is 19.4 Å². The van der Waals surface area contributed by atoms with Crippen molar-refractivity contribution < 1.29 is 0 Å². The average Bonchev–Trinajstić information content (AvgIpc) is 2.26. The summed E-state index contributed by atoms with van der Waals surface area (Å²) in [5, 5.41) is 4.67. The minimum Gasteiger partial charge on any atom is -0.310 e. The molecule has 78 valence electrons. The highest BCUT2D eigenvalue weighted by molar-refractivity contribution is 5.81. The standard InChI is InChI=1S/C13H16N2/c1-10(2)15-9-11-7-8-14-13-6-4-3-5-12(11)13/h3-8,10,15H,9H2,1-2H3. The van der Waals surface area contributed by atoms with Crippen LogP contribution in [0.25, 0.3) is 10.9 Å². The lowest BCUT2D eigenvalue weighted by Crippen LogP contribution is -2.21. The maximum atomic E-state index is 4.34. The van der Waals surface area contributed by atoms with E-state index in [1.807, 2.05) is 18.3 Å². The van der Waals surface area contributed by atoms with Crippen LogP contribution in [0.4, 0.5) is 0 Å². The van der Waals surface area contributed by atoms with Crippen LogP contribution in [0, 0.1) is 0 Å². The molecule has 0 radical (unpaired) electrons. The lowest BCUT2D eigenvalue weighted by atomic mass is 10.1. The van der Waals surface area contributed by atoms with Gasteiger partial charge in [0.1, 0.15) is 0 Å². The first-order valence-corrected chi connectivity index (χ1v) is 5.33. The van der Waals surface area contributed by atoms with E-state index in [1.165, 1.54) is 10.9 Å². The van der Waals surface area contributed by atoms with E-state index in [-0.39, 0.29) is 0 Å². The van der Waals surface area contributed by atoms with Crippen molar-refractivity contribution in [2.75, 3.05) is 0 Å². The van der Waals surface area contributed by atoms with Crippen molar-refractivity contribution >= 4 is 10.9 Å². The van der Waals surface area contributed by atoms with Gasteiger partial charge in [-0.25, -0.2) is 0 Å². The number of nitrogens with zero attached hydrogens (tertiary/aromatic N) is 1. The summed E-state index contributed by atoms with van der Waals surface area (Å²) in [6.07, 6.45) is 1.87. The highest BCUT2D eigenvalue weighted by Gasteiger charge is 2.01. The Morgan fingerprint density at radius 2 is 2.00 bits per heavy atom. The van der Waals surface area contributed by atoms with E-state index in [0.29, 0.717) is 6.04 Å². The van der Waals surface area contributed by atoms with E-state index in [1.54, 1.807) is 0 Å². The number of rotatable bonds is 3. The van der Waals surface area contributed by atoms with Crippen LogP contribution in [0.3, 0.4) is 0 Å². The number of aromatic nitrogens is 1. The van der Waals surface area contributed by atoms with E-state index in [9.17, 15) is 0 Å². The monoisotopic (exact) mass is 200 g/mol. The summed E-state index contributed by atoms with van der Waals surface area (Å²) in [7, 11) is 0. The molecule has 1 N–H and O–H groups in total.